The van der Waals surface area contributed by atoms with Gasteiger partial charge in [0.1, 0.15) is 0 Å². The molecular formula is C11H21NO2. The van der Waals surface area contributed by atoms with Gasteiger partial charge in [-0.05, 0) is 19.3 Å². The number of nitrogens with one attached hydrogen (secondary N) is 1. The van der Waals surface area contributed by atoms with Crippen LogP contribution in [0.4, 0.5) is 0 Å². The van der Waals surface area contributed by atoms with Gasteiger partial charge in [0.05, 0.1) is 19.3 Å². The second-order valence-corrected chi connectivity index (χ2v) is 3.71. The highest BCUT2D eigenvalue weighted by Crippen LogP contribution is 2.18. The Bertz CT molecular complexity index is 157. The normalized spacial score (nSPS) is 18.1. The molecular weight excluding hydrogens is 178 g/mol. The van der Waals surface area contributed by atoms with Crippen LogP contribution >= 0.6 is 0 Å². The first-order chi connectivity index (χ1) is 6.86. The zero-order chi connectivity index (χ0) is 10.2. The van der Waals surface area contributed by atoms with Crippen LogP contribution in [0.5, 0.6) is 0 Å². The Balaban J connectivity index is 2.05. The standard InChI is InChI=1S/C11H21NO2/c1-3-4-7-14-11(9-13-2)8-12-10-5-6-10/h3,10-12H,1,4-9H2,2H3. The van der Waals surface area contributed by atoms with Crippen LogP contribution in [0.25, 0.3) is 0 Å². The summed E-state index contributed by atoms with van der Waals surface area (Å²) in [7, 11) is 1.71. The van der Waals surface area contributed by atoms with E-state index in [1.807, 2.05) is 6.08 Å². The van der Waals surface area contributed by atoms with E-state index >= 15 is 0 Å². The van der Waals surface area contributed by atoms with Crippen LogP contribution in [-0.2, 0) is 9.47 Å². The first-order valence-corrected chi connectivity index (χ1v) is 5.31. The van der Waals surface area contributed by atoms with Crippen LogP contribution in [-0.4, -0.2) is 39.0 Å². The van der Waals surface area contributed by atoms with Gasteiger partial charge >= 0.3 is 0 Å². The average molecular weight is 199 g/mol. The molecule has 0 bridgehead atoms. The topological polar surface area (TPSA) is 30.5 Å². The molecule has 0 radical (unpaired) electrons. The summed E-state index contributed by atoms with van der Waals surface area (Å²) < 4.78 is 10.7. The maximum atomic E-state index is 5.64. The fraction of sp³-hybridized carbons (Fsp3) is 0.818. The minimum Gasteiger partial charge on any atom is -0.382 e. The van der Waals surface area contributed by atoms with E-state index in [1.165, 1.54) is 12.8 Å². The summed E-state index contributed by atoms with van der Waals surface area (Å²) in [6.45, 7) is 5.96. The van der Waals surface area contributed by atoms with E-state index in [1.54, 1.807) is 7.11 Å². The van der Waals surface area contributed by atoms with Gasteiger partial charge in [-0.15, -0.1) is 6.58 Å². The molecule has 14 heavy (non-hydrogen) atoms. The molecule has 0 aliphatic heterocycles. The van der Waals surface area contributed by atoms with Gasteiger partial charge in [0.15, 0.2) is 0 Å². The van der Waals surface area contributed by atoms with Crippen LogP contribution in [0.3, 0.4) is 0 Å². The summed E-state index contributed by atoms with van der Waals surface area (Å²) in [4.78, 5) is 0. The van der Waals surface area contributed by atoms with Gasteiger partial charge in [-0.25, -0.2) is 0 Å². The van der Waals surface area contributed by atoms with Gasteiger partial charge in [-0.1, -0.05) is 6.08 Å². The van der Waals surface area contributed by atoms with Crippen molar-refractivity contribution >= 4 is 0 Å². The van der Waals surface area contributed by atoms with Crippen molar-refractivity contribution in [1.29, 1.82) is 0 Å². The Kier molecular flexibility index (Phi) is 5.83. The van der Waals surface area contributed by atoms with E-state index in [0.29, 0.717) is 6.61 Å². The monoisotopic (exact) mass is 199 g/mol. The van der Waals surface area contributed by atoms with Crippen molar-refractivity contribution in [2.75, 3.05) is 26.9 Å². The predicted octanol–water partition coefficient (Wildman–Crippen LogP) is 1.35. The van der Waals surface area contributed by atoms with E-state index in [-0.39, 0.29) is 6.10 Å². The molecule has 1 aliphatic carbocycles. The summed E-state index contributed by atoms with van der Waals surface area (Å²) in [5, 5.41) is 3.44. The van der Waals surface area contributed by atoms with Crippen LogP contribution in [0.2, 0.25) is 0 Å². The second-order valence-electron chi connectivity index (χ2n) is 3.71. The van der Waals surface area contributed by atoms with Crippen molar-refractivity contribution in [3.05, 3.63) is 12.7 Å². The highest BCUT2D eigenvalue weighted by Gasteiger charge is 2.21. The number of ether oxygens (including phenoxy) is 2. The Morgan fingerprint density at radius 2 is 2.36 bits per heavy atom. The molecule has 1 saturated carbocycles. The van der Waals surface area contributed by atoms with Crippen molar-refractivity contribution in [2.24, 2.45) is 0 Å². The molecule has 0 spiro atoms. The smallest absolute Gasteiger partial charge is 0.0932 e. The van der Waals surface area contributed by atoms with Crippen molar-refractivity contribution in [3.63, 3.8) is 0 Å². The molecule has 1 rings (SSSR count). The summed E-state index contributed by atoms with van der Waals surface area (Å²) in [5.41, 5.74) is 0. The number of hydrogen-bond acceptors (Lipinski definition) is 3. The van der Waals surface area contributed by atoms with Crippen LogP contribution < -0.4 is 5.32 Å². The summed E-state index contributed by atoms with van der Waals surface area (Å²) in [5.74, 6) is 0. The third-order valence-electron chi connectivity index (χ3n) is 2.24. The first kappa shape index (κ1) is 11.7. The van der Waals surface area contributed by atoms with Crippen LogP contribution in [0.15, 0.2) is 12.7 Å². The van der Waals surface area contributed by atoms with E-state index in [9.17, 15) is 0 Å². The van der Waals surface area contributed by atoms with Crippen LogP contribution in [0.1, 0.15) is 19.3 Å². The molecule has 0 aromatic carbocycles. The Morgan fingerprint density at radius 3 is 2.93 bits per heavy atom. The number of hydrogen-bond donors (Lipinski definition) is 1. The SMILES string of the molecule is C=CCCOC(CNC1CC1)COC. The average Bonchev–Trinajstić information content (AvgIpc) is 2.98. The van der Waals surface area contributed by atoms with Gasteiger partial charge in [0.25, 0.3) is 0 Å². The Labute approximate surface area is 86.5 Å². The molecule has 0 aromatic rings. The predicted molar refractivity (Wildman–Crippen MR) is 57.5 cm³/mol. The largest absolute Gasteiger partial charge is 0.382 e. The van der Waals surface area contributed by atoms with E-state index < -0.39 is 0 Å². The van der Waals surface area contributed by atoms with Crippen molar-refractivity contribution < 1.29 is 9.47 Å². The Hall–Kier alpha value is -0.380. The molecule has 3 nitrogen and oxygen atoms in total. The Morgan fingerprint density at radius 1 is 1.57 bits per heavy atom. The molecule has 0 saturated heterocycles. The minimum absolute atomic E-state index is 0.181. The number of rotatable bonds is 9. The molecule has 1 atom stereocenters. The van der Waals surface area contributed by atoms with E-state index in [2.05, 4.69) is 11.9 Å². The summed E-state index contributed by atoms with van der Waals surface area (Å²) in [6.07, 6.45) is 5.58. The van der Waals surface area contributed by atoms with Gasteiger partial charge in [0, 0.05) is 19.7 Å². The quantitative estimate of drug-likeness (QED) is 0.449. The molecule has 1 fully saturated rings. The third kappa shape index (κ3) is 5.37. The molecule has 0 amide bonds. The highest BCUT2D eigenvalue weighted by atomic mass is 16.5. The van der Waals surface area contributed by atoms with Gasteiger partial charge in [0.2, 0.25) is 0 Å². The minimum atomic E-state index is 0.181. The van der Waals surface area contributed by atoms with Gasteiger partial charge < -0.3 is 14.8 Å². The lowest BCUT2D eigenvalue weighted by atomic mass is 10.3. The maximum absolute atomic E-state index is 5.64. The zero-order valence-corrected chi connectivity index (χ0v) is 9.00. The van der Waals surface area contributed by atoms with E-state index in [4.69, 9.17) is 9.47 Å². The van der Waals surface area contributed by atoms with Crippen molar-refractivity contribution in [3.8, 4) is 0 Å². The summed E-state index contributed by atoms with van der Waals surface area (Å²) >= 11 is 0. The third-order valence-corrected chi connectivity index (χ3v) is 2.24. The molecule has 0 aromatic heterocycles. The lowest BCUT2D eigenvalue weighted by Crippen LogP contribution is -2.34. The van der Waals surface area contributed by atoms with Gasteiger partial charge in [-0.3, -0.25) is 0 Å². The molecule has 3 heteroatoms. The lowest BCUT2D eigenvalue weighted by Gasteiger charge is -2.17. The maximum Gasteiger partial charge on any atom is 0.0932 e. The summed E-state index contributed by atoms with van der Waals surface area (Å²) in [6, 6.07) is 0.734. The van der Waals surface area contributed by atoms with Crippen molar-refractivity contribution in [1.82, 2.24) is 5.32 Å². The van der Waals surface area contributed by atoms with Crippen molar-refractivity contribution in [2.45, 2.75) is 31.4 Å². The fourth-order valence-corrected chi connectivity index (χ4v) is 1.26. The molecule has 82 valence electrons. The fourth-order valence-electron chi connectivity index (χ4n) is 1.26. The van der Waals surface area contributed by atoms with Crippen LogP contribution in [0, 0.1) is 0 Å². The molecule has 1 aliphatic rings. The first-order valence-electron chi connectivity index (χ1n) is 5.31. The van der Waals surface area contributed by atoms with E-state index in [0.717, 1.165) is 25.6 Å². The molecule has 1 N–H and O–H groups in total. The highest BCUT2D eigenvalue weighted by molar-refractivity contribution is 4.82. The molecule has 0 heterocycles. The lowest BCUT2D eigenvalue weighted by molar-refractivity contribution is 0.000894. The van der Waals surface area contributed by atoms with Gasteiger partial charge in [-0.2, -0.15) is 0 Å². The number of methoxy groups -OCH3 is 1. The molecule has 1 unspecified atom stereocenters. The second kappa shape index (κ2) is 6.98. The zero-order valence-electron chi connectivity index (χ0n) is 9.00.